The van der Waals surface area contributed by atoms with E-state index in [1.54, 1.807) is 0 Å². The van der Waals surface area contributed by atoms with Crippen molar-refractivity contribution in [1.29, 1.82) is 0 Å². The Morgan fingerprint density at radius 2 is 0.680 bits per heavy atom. The van der Waals surface area contributed by atoms with E-state index in [2.05, 4.69) is 23.2 Å². The van der Waals surface area contributed by atoms with Crippen LogP contribution in [0.2, 0.25) is 0 Å². The molecule has 2 atom stereocenters. The van der Waals surface area contributed by atoms with Gasteiger partial charge in [-0.15, -0.1) is 0 Å². The predicted octanol–water partition coefficient (Wildman–Crippen LogP) is 13.1. The summed E-state index contributed by atoms with van der Waals surface area (Å²) in [5.74, 6) is -2.45. The molecule has 0 rings (SSSR count). The van der Waals surface area contributed by atoms with Crippen LogP contribution in [-0.4, -0.2) is 44.7 Å². The number of nitrogens with zero attached hydrogens (tertiary/aromatic N) is 1. The van der Waals surface area contributed by atoms with Crippen molar-refractivity contribution in [2.75, 3.05) is 6.61 Å². The van der Waals surface area contributed by atoms with Crippen molar-refractivity contribution >= 4 is 27.1 Å². The minimum Gasteiger partial charge on any atom is -0.479 e. The minimum atomic E-state index is -2.22. The van der Waals surface area contributed by atoms with Crippen LogP contribution in [0, 0.1) is 0 Å². The van der Waals surface area contributed by atoms with Gasteiger partial charge in [0.2, 0.25) is 11.4 Å². The summed E-state index contributed by atoms with van der Waals surface area (Å²) in [6, 6.07) is 0. The summed E-state index contributed by atoms with van der Waals surface area (Å²) in [6.07, 6.45) is 42.7. The number of unbranched alkanes of at least 4 members (excludes halogenated alkanes) is 32. The maximum Gasteiger partial charge on any atom is 0.340 e. The van der Waals surface area contributed by atoms with E-state index >= 15 is 0 Å². The molecule has 0 aromatic carbocycles. The van der Waals surface area contributed by atoms with Gasteiger partial charge < -0.3 is 14.9 Å². The fraction of sp³-hybridized carbons (Fsp3) is 0.930. The molecule has 7 heteroatoms. The van der Waals surface area contributed by atoms with Crippen LogP contribution in [0.25, 0.3) is 0 Å². The second-order valence-corrected chi connectivity index (χ2v) is 15.8. The summed E-state index contributed by atoms with van der Waals surface area (Å²) < 4.78 is 0.928. The number of ketones is 1. The molecular weight excluding hydrogens is 641 g/mol. The molecule has 0 fully saturated rings. The van der Waals surface area contributed by atoms with Gasteiger partial charge in [0, 0.05) is 12.8 Å². The lowest BCUT2D eigenvalue weighted by atomic mass is 9.90. The third kappa shape index (κ3) is 25.9. The van der Waals surface area contributed by atoms with Gasteiger partial charge in [0.1, 0.15) is 0 Å². The molecule has 50 heavy (non-hydrogen) atoms. The summed E-state index contributed by atoms with van der Waals surface area (Å²) in [4.78, 5) is 38.3. The molecule has 0 aliphatic rings. The van der Waals surface area contributed by atoms with Crippen LogP contribution in [0.4, 0.5) is 0 Å². The van der Waals surface area contributed by atoms with Gasteiger partial charge in [0.25, 0.3) is 0 Å². The van der Waals surface area contributed by atoms with Gasteiger partial charge in [-0.3, -0.25) is 9.59 Å². The Morgan fingerprint density at radius 3 is 0.920 bits per heavy atom. The first-order valence-corrected chi connectivity index (χ1v) is 22.3. The Morgan fingerprint density at radius 1 is 0.440 bits per heavy atom. The topological polar surface area (TPSA) is 94.9 Å². The van der Waals surface area contributed by atoms with Crippen LogP contribution in [0.1, 0.15) is 245 Å². The summed E-state index contributed by atoms with van der Waals surface area (Å²) in [6.45, 7) is 3.62. The summed E-state index contributed by atoms with van der Waals surface area (Å²) in [7, 11) is 2.13. The highest BCUT2D eigenvalue weighted by molar-refractivity contribution is 7.15. The molecule has 0 spiro atoms. The zero-order chi connectivity index (χ0) is 37.0. The molecule has 0 heterocycles. The van der Waals surface area contributed by atoms with E-state index in [0.717, 1.165) is 43.2 Å². The Kier molecular flexibility index (Phi) is 35.6. The monoisotopic (exact) mass is 726 g/mol. The number of rotatable bonds is 40. The molecule has 1 amide bonds. The fourth-order valence-corrected chi connectivity index (χ4v) is 7.61. The van der Waals surface area contributed by atoms with E-state index < -0.39 is 29.8 Å². The first-order valence-electron chi connectivity index (χ1n) is 21.8. The van der Waals surface area contributed by atoms with Crippen molar-refractivity contribution in [3.63, 3.8) is 0 Å². The third-order valence-corrected chi connectivity index (χ3v) is 11.5. The summed E-state index contributed by atoms with van der Waals surface area (Å²) in [5.41, 5.74) is -2.22. The zero-order valence-corrected chi connectivity index (χ0v) is 34.5. The number of Topliss-reactive ketones (excluding diaryl/α,β-unsaturated/α-hetero) is 1. The molecular formula is C43H84NO5P. The van der Waals surface area contributed by atoms with E-state index in [0.29, 0.717) is 12.8 Å². The van der Waals surface area contributed by atoms with Gasteiger partial charge in [0.15, 0.2) is 5.78 Å². The Balaban J connectivity index is 3.98. The first-order chi connectivity index (χ1) is 24.4. The predicted molar refractivity (Wildman–Crippen MR) is 217 cm³/mol. The number of aliphatic hydroxyl groups excluding tert-OH is 1. The molecule has 0 bridgehead atoms. The van der Waals surface area contributed by atoms with Gasteiger partial charge >= 0.3 is 5.97 Å². The molecule has 0 aromatic rings. The molecule has 0 aliphatic carbocycles. The number of hydrogen-bond donors (Lipinski definition) is 2. The molecule has 2 N–H and O–H groups in total. The normalized spacial score (nSPS) is 12.6. The average molecular weight is 726 g/mol. The molecule has 0 saturated carbocycles. The zero-order valence-electron chi connectivity index (χ0n) is 33.3. The van der Waals surface area contributed by atoms with Crippen LogP contribution in [0.15, 0.2) is 0 Å². The van der Waals surface area contributed by atoms with Crippen LogP contribution >= 0.6 is 9.39 Å². The number of aliphatic hydroxyl groups is 1. The minimum absolute atomic E-state index is 0.0583. The van der Waals surface area contributed by atoms with Crippen LogP contribution in [0.5, 0.6) is 0 Å². The van der Waals surface area contributed by atoms with Crippen LogP contribution < -0.4 is 0 Å². The Hall–Kier alpha value is -1.00. The van der Waals surface area contributed by atoms with Gasteiger partial charge in [-0.1, -0.05) is 219 Å². The second kappa shape index (κ2) is 36.4. The molecule has 0 saturated heterocycles. The van der Waals surface area contributed by atoms with Crippen molar-refractivity contribution < 1.29 is 24.6 Å². The maximum atomic E-state index is 13.1. The van der Waals surface area contributed by atoms with E-state index in [9.17, 15) is 24.6 Å². The van der Waals surface area contributed by atoms with Crippen molar-refractivity contribution in [2.24, 2.45) is 0 Å². The molecule has 6 nitrogen and oxygen atoms in total. The van der Waals surface area contributed by atoms with Gasteiger partial charge in [-0.25, -0.2) is 4.79 Å². The van der Waals surface area contributed by atoms with Crippen molar-refractivity contribution in [3.05, 3.63) is 0 Å². The SMILES string of the molecule is CCCCCCCCCCCCCCCCCCCC(=O)N(P)C(CO)(C(=O)O)C(=O)CCCCCCCCCCCCCCCCCCC. The lowest BCUT2D eigenvalue weighted by molar-refractivity contribution is -0.161. The number of carboxylic acid groups (broad SMARTS) is 1. The average Bonchev–Trinajstić information content (AvgIpc) is 3.11. The van der Waals surface area contributed by atoms with Gasteiger partial charge in [0.05, 0.1) is 6.61 Å². The fourth-order valence-electron chi connectivity index (χ4n) is 7.14. The maximum absolute atomic E-state index is 13.1. The van der Waals surface area contributed by atoms with E-state index in [1.807, 2.05) is 0 Å². The van der Waals surface area contributed by atoms with E-state index in [-0.39, 0.29) is 12.8 Å². The van der Waals surface area contributed by atoms with Crippen molar-refractivity contribution in [2.45, 2.75) is 251 Å². The lowest BCUT2D eigenvalue weighted by Crippen LogP contribution is -2.60. The highest BCUT2D eigenvalue weighted by atomic mass is 31.0. The molecule has 2 unspecified atom stereocenters. The van der Waals surface area contributed by atoms with Crippen molar-refractivity contribution in [1.82, 2.24) is 4.67 Å². The summed E-state index contributed by atoms with van der Waals surface area (Å²) >= 11 is 0. The third-order valence-electron chi connectivity index (χ3n) is 10.7. The number of hydrogen-bond acceptors (Lipinski definition) is 4. The van der Waals surface area contributed by atoms with Crippen LogP contribution in [-0.2, 0) is 14.4 Å². The molecule has 296 valence electrons. The first kappa shape index (κ1) is 49.0. The smallest absolute Gasteiger partial charge is 0.340 e. The Bertz CT molecular complexity index is 793. The second-order valence-electron chi connectivity index (χ2n) is 15.3. The highest BCUT2D eigenvalue weighted by Crippen LogP contribution is 2.27. The largest absolute Gasteiger partial charge is 0.479 e. The standard InChI is InChI=1S/C43H84NO5P/c1-3-5-7-9-11-13-15-17-19-21-23-25-27-29-31-33-35-37-40(46)43(39-45,42(48)49)44(50)41(47)38-36-34-32-30-28-26-24-22-20-18-16-14-12-10-8-6-4-2/h45H,3-39,50H2,1-2H3,(H,48,49). The van der Waals surface area contributed by atoms with Gasteiger partial charge in [-0.05, 0) is 22.2 Å². The highest BCUT2D eigenvalue weighted by Gasteiger charge is 2.50. The number of aliphatic carboxylic acids is 1. The number of carbonyl (C=O) groups is 3. The van der Waals surface area contributed by atoms with E-state index in [1.165, 1.54) is 167 Å². The number of carbonyl (C=O) groups excluding carboxylic acids is 2. The lowest BCUT2D eigenvalue weighted by Gasteiger charge is -2.35. The quantitative estimate of drug-likeness (QED) is 0.0372. The Labute approximate surface area is 312 Å². The number of amides is 1. The van der Waals surface area contributed by atoms with Gasteiger partial charge in [-0.2, -0.15) is 0 Å². The molecule has 0 aliphatic heterocycles. The molecule has 0 aromatic heterocycles. The van der Waals surface area contributed by atoms with E-state index in [4.69, 9.17) is 0 Å². The van der Waals surface area contributed by atoms with Crippen molar-refractivity contribution in [3.8, 4) is 0 Å². The number of carboxylic acids is 1. The molecule has 0 radical (unpaired) electrons. The van der Waals surface area contributed by atoms with Crippen LogP contribution in [0.3, 0.4) is 0 Å². The summed E-state index contributed by atoms with van der Waals surface area (Å²) in [5, 5.41) is 20.1.